The molecule has 8 nitrogen and oxygen atoms in total. The molecule has 1 N–H and O–H groups in total. The maximum atomic E-state index is 12.5. The molecule has 8 heteroatoms. The Hall–Kier alpha value is -2.64. The van der Waals surface area contributed by atoms with Crippen LogP contribution in [0.1, 0.15) is 36.6 Å². The number of aromatic nitrogens is 4. The number of amides is 1. The van der Waals surface area contributed by atoms with Crippen LogP contribution in [0, 0.1) is 0 Å². The molecule has 1 aromatic carbocycles. The molecule has 3 heterocycles. The van der Waals surface area contributed by atoms with Gasteiger partial charge in [-0.05, 0) is 47.4 Å². The second kappa shape index (κ2) is 6.46. The Morgan fingerprint density at radius 3 is 3.17 bits per heavy atom. The minimum atomic E-state index is -0.265. The lowest BCUT2D eigenvalue weighted by Crippen LogP contribution is -2.32. The summed E-state index contributed by atoms with van der Waals surface area (Å²) in [4.78, 5) is 12.5. The van der Waals surface area contributed by atoms with Gasteiger partial charge in [-0.3, -0.25) is 4.79 Å². The van der Waals surface area contributed by atoms with Crippen molar-refractivity contribution in [1.82, 2.24) is 25.5 Å². The van der Waals surface area contributed by atoms with E-state index in [1.54, 1.807) is 4.68 Å². The molecule has 126 valence electrons. The van der Waals surface area contributed by atoms with E-state index < -0.39 is 0 Å². The maximum absolute atomic E-state index is 12.5. The number of benzene rings is 1. The van der Waals surface area contributed by atoms with Gasteiger partial charge < -0.3 is 14.8 Å². The highest BCUT2D eigenvalue weighted by atomic mass is 16.7. The van der Waals surface area contributed by atoms with Crippen molar-refractivity contribution in [1.29, 1.82) is 0 Å². The largest absolute Gasteiger partial charge is 0.454 e. The van der Waals surface area contributed by atoms with Crippen LogP contribution in [-0.2, 0) is 17.8 Å². The van der Waals surface area contributed by atoms with Gasteiger partial charge >= 0.3 is 0 Å². The van der Waals surface area contributed by atoms with Crippen LogP contribution in [0.2, 0.25) is 0 Å². The summed E-state index contributed by atoms with van der Waals surface area (Å²) in [5.41, 5.74) is 1.10. The van der Waals surface area contributed by atoms with Crippen LogP contribution in [-0.4, -0.2) is 39.5 Å². The number of nitrogens with one attached hydrogen (secondary N) is 1. The fourth-order valence-electron chi connectivity index (χ4n) is 3.16. The molecule has 24 heavy (non-hydrogen) atoms. The molecule has 0 radical (unpaired) electrons. The highest BCUT2D eigenvalue weighted by Gasteiger charge is 2.28. The quantitative estimate of drug-likeness (QED) is 0.901. The smallest absolute Gasteiger partial charge is 0.231 e. The molecule has 0 saturated carbocycles. The number of nitrogens with zero attached hydrogens (tertiary/aromatic N) is 4. The van der Waals surface area contributed by atoms with E-state index in [0.29, 0.717) is 12.4 Å². The first kappa shape index (κ1) is 14.9. The first-order valence-electron chi connectivity index (χ1n) is 8.23. The Balaban J connectivity index is 1.35. The number of aryl methyl sites for hydroxylation is 1. The standard InChI is InChI=1S/C16H19N5O3/c22-16(12-3-1-2-8-21-15(12)18-19-20-21)17-7-6-11-4-5-13-14(9-11)24-10-23-13/h4-5,9,12H,1-3,6-8,10H2,(H,17,22)/t12-/m1/s1. The third-order valence-corrected chi connectivity index (χ3v) is 4.45. The lowest BCUT2D eigenvalue weighted by atomic mass is 10.0. The summed E-state index contributed by atoms with van der Waals surface area (Å²) in [5.74, 6) is 1.94. The number of rotatable bonds is 4. The Kier molecular flexibility index (Phi) is 4.02. The van der Waals surface area contributed by atoms with Gasteiger partial charge in [0.1, 0.15) is 0 Å². The summed E-state index contributed by atoms with van der Waals surface area (Å²) in [5, 5.41) is 14.7. The number of tetrazole rings is 1. The van der Waals surface area contributed by atoms with Crippen LogP contribution in [0.15, 0.2) is 18.2 Å². The molecule has 0 saturated heterocycles. The molecule has 2 aliphatic heterocycles. The summed E-state index contributed by atoms with van der Waals surface area (Å²) in [6.45, 7) is 1.62. The van der Waals surface area contributed by atoms with Crippen LogP contribution in [0.3, 0.4) is 0 Å². The molecule has 0 fully saturated rings. The zero-order valence-electron chi connectivity index (χ0n) is 13.3. The lowest BCUT2D eigenvalue weighted by Gasteiger charge is -2.13. The predicted octanol–water partition coefficient (Wildman–Crippen LogP) is 1.03. The van der Waals surface area contributed by atoms with Crippen molar-refractivity contribution in [3.05, 3.63) is 29.6 Å². The fraction of sp³-hybridized carbons (Fsp3) is 0.500. The van der Waals surface area contributed by atoms with Crippen molar-refractivity contribution in [2.75, 3.05) is 13.3 Å². The SMILES string of the molecule is O=C(NCCc1ccc2c(c1)OCO2)[C@@H]1CCCCn2nnnc21. The van der Waals surface area contributed by atoms with Crippen LogP contribution in [0.5, 0.6) is 11.5 Å². The van der Waals surface area contributed by atoms with Gasteiger partial charge in [0, 0.05) is 13.1 Å². The van der Waals surface area contributed by atoms with E-state index in [2.05, 4.69) is 20.8 Å². The molecule has 0 bridgehead atoms. The van der Waals surface area contributed by atoms with Gasteiger partial charge in [0.05, 0.1) is 5.92 Å². The van der Waals surface area contributed by atoms with Crippen LogP contribution < -0.4 is 14.8 Å². The summed E-state index contributed by atoms with van der Waals surface area (Å²) in [6.07, 6.45) is 3.51. The van der Waals surface area contributed by atoms with Gasteiger partial charge in [0.2, 0.25) is 12.7 Å². The van der Waals surface area contributed by atoms with E-state index in [-0.39, 0.29) is 18.6 Å². The zero-order valence-corrected chi connectivity index (χ0v) is 13.3. The van der Waals surface area contributed by atoms with E-state index in [0.717, 1.165) is 49.3 Å². The normalized spacial score (nSPS) is 18.8. The minimum Gasteiger partial charge on any atom is -0.454 e. The van der Waals surface area contributed by atoms with Crippen molar-refractivity contribution in [3.63, 3.8) is 0 Å². The van der Waals surface area contributed by atoms with Crippen LogP contribution in [0.25, 0.3) is 0 Å². The first-order valence-corrected chi connectivity index (χ1v) is 8.23. The highest BCUT2D eigenvalue weighted by Crippen LogP contribution is 2.32. The van der Waals surface area contributed by atoms with Crippen LogP contribution >= 0.6 is 0 Å². The fourth-order valence-corrected chi connectivity index (χ4v) is 3.16. The average Bonchev–Trinajstić information content (AvgIpc) is 3.20. The average molecular weight is 329 g/mol. The summed E-state index contributed by atoms with van der Waals surface area (Å²) < 4.78 is 12.4. The van der Waals surface area contributed by atoms with E-state index in [1.807, 2.05) is 18.2 Å². The van der Waals surface area contributed by atoms with Gasteiger partial charge in [-0.2, -0.15) is 0 Å². The molecule has 2 aromatic rings. The third kappa shape index (κ3) is 2.91. The number of fused-ring (bicyclic) bond motifs is 2. The molecule has 2 aliphatic rings. The number of carbonyl (C=O) groups is 1. The monoisotopic (exact) mass is 329 g/mol. The van der Waals surface area contributed by atoms with Crippen molar-refractivity contribution < 1.29 is 14.3 Å². The van der Waals surface area contributed by atoms with Crippen molar-refractivity contribution in [2.24, 2.45) is 0 Å². The lowest BCUT2D eigenvalue weighted by molar-refractivity contribution is -0.122. The highest BCUT2D eigenvalue weighted by molar-refractivity contribution is 5.82. The van der Waals surface area contributed by atoms with E-state index >= 15 is 0 Å². The van der Waals surface area contributed by atoms with Crippen LogP contribution in [0.4, 0.5) is 0 Å². The molecule has 1 amide bonds. The van der Waals surface area contributed by atoms with Gasteiger partial charge in [-0.25, -0.2) is 4.68 Å². The van der Waals surface area contributed by atoms with E-state index in [9.17, 15) is 4.79 Å². The summed E-state index contributed by atoms with van der Waals surface area (Å²) in [7, 11) is 0. The number of carbonyl (C=O) groups excluding carboxylic acids is 1. The van der Waals surface area contributed by atoms with E-state index in [4.69, 9.17) is 9.47 Å². The number of hydrogen-bond acceptors (Lipinski definition) is 6. The number of ether oxygens (including phenoxy) is 2. The minimum absolute atomic E-state index is 0.00584. The Morgan fingerprint density at radius 2 is 2.21 bits per heavy atom. The Bertz CT molecular complexity index is 745. The van der Waals surface area contributed by atoms with Crippen molar-refractivity contribution in [3.8, 4) is 11.5 Å². The Morgan fingerprint density at radius 1 is 1.29 bits per heavy atom. The first-order chi connectivity index (χ1) is 11.8. The van der Waals surface area contributed by atoms with E-state index in [1.165, 1.54) is 0 Å². The molecule has 4 rings (SSSR count). The molecule has 1 atom stereocenters. The van der Waals surface area contributed by atoms with Crippen molar-refractivity contribution >= 4 is 5.91 Å². The van der Waals surface area contributed by atoms with Gasteiger partial charge in [0.15, 0.2) is 17.3 Å². The topological polar surface area (TPSA) is 91.2 Å². The molecule has 0 spiro atoms. The van der Waals surface area contributed by atoms with Crippen molar-refractivity contribution in [2.45, 2.75) is 38.1 Å². The van der Waals surface area contributed by atoms with Gasteiger partial charge in [0.25, 0.3) is 0 Å². The molecular formula is C16H19N5O3. The maximum Gasteiger partial charge on any atom is 0.231 e. The summed E-state index contributed by atoms with van der Waals surface area (Å²) >= 11 is 0. The second-order valence-electron chi connectivity index (χ2n) is 6.04. The molecule has 1 aromatic heterocycles. The van der Waals surface area contributed by atoms with Gasteiger partial charge in [-0.1, -0.05) is 12.5 Å². The predicted molar refractivity (Wildman–Crippen MR) is 83.7 cm³/mol. The zero-order chi connectivity index (χ0) is 16.4. The van der Waals surface area contributed by atoms with Gasteiger partial charge in [-0.15, -0.1) is 5.10 Å². The number of hydrogen-bond donors (Lipinski definition) is 1. The molecule has 0 aliphatic carbocycles. The summed E-state index contributed by atoms with van der Waals surface area (Å²) in [6, 6.07) is 5.85. The second-order valence-corrected chi connectivity index (χ2v) is 6.04. The molecular weight excluding hydrogens is 310 g/mol. The Labute approximate surface area is 139 Å². The third-order valence-electron chi connectivity index (χ3n) is 4.45. The molecule has 0 unspecified atom stereocenters.